The third-order valence-corrected chi connectivity index (χ3v) is 4.97. The Morgan fingerprint density at radius 3 is 2.88 bits per heavy atom. The molecule has 0 aromatic carbocycles. The number of likely N-dealkylation sites (tertiary alicyclic amines) is 1. The minimum atomic E-state index is -0.186. The van der Waals surface area contributed by atoms with Crippen molar-refractivity contribution in [2.45, 2.75) is 32.4 Å². The van der Waals surface area contributed by atoms with Gasteiger partial charge in [0.15, 0.2) is 5.82 Å². The van der Waals surface area contributed by atoms with Crippen LogP contribution in [0.15, 0.2) is 27.3 Å². The average Bonchev–Trinajstić information content (AvgIpc) is 3.12. The van der Waals surface area contributed by atoms with Crippen molar-refractivity contribution < 1.29 is 14.1 Å². The zero-order valence-electron chi connectivity index (χ0n) is 14.8. The van der Waals surface area contributed by atoms with E-state index < -0.39 is 0 Å². The lowest BCUT2D eigenvalue weighted by molar-refractivity contribution is -0.121. The van der Waals surface area contributed by atoms with E-state index in [1.165, 1.54) is 0 Å². The van der Waals surface area contributed by atoms with Crippen LogP contribution in [0.4, 0.5) is 5.82 Å². The van der Waals surface area contributed by atoms with Crippen LogP contribution in [0.25, 0.3) is 0 Å². The molecule has 2 aromatic heterocycles. The fourth-order valence-electron chi connectivity index (χ4n) is 2.83. The lowest BCUT2D eigenvalue weighted by Gasteiger charge is -2.30. The van der Waals surface area contributed by atoms with Gasteiger partial charge in [0.2, 0.25) is 11.8 Å². The first-order valence-electron chi connectivity index (χ1n) is 8.55. The molecule has 3 rings (SSSR count). The highest BCUT2D eigenvalue weighted by Crippen LogP contribution is 2.21. The maximum atomic E-state index is 12.4. The second-order valence-corrected chi connectivity index (χ2v) is 7.24. The molecule has 2 aromatic rings. The maximum absolute atomic E-state index is 12.4. The van der Waals surface area contributed by atoms with E-state index in [1.807, 2.05) is 13.0 Å². The molecule has 9 heteroatoms. The molecule has 0 aliphatic carbocycles. The van der Waals surface area contributed by atoms with E-state index in [-0.39, 0.29) is 17.9 Å². The molecular weight excluding hydrogens is 402 g/mol. The van der Waals surface area contributed by atoms with Crippen LogP contribution in [0, 0.1) is 5.92 Å². The average molecular weight is 424 g/mol. The molecule has 3 heterocycles. The second-order valence-electron chi connectivity index (χ2n) is 6.33. The zero-order valence-corrected chi connectivity index (χ0v) is 16.4. The molecular formula is C17H22BrN5O3. The van der Waals surface area contributed by atoms with E-state index in [2.05, 4.69) is 41.3 Å². The van der Waals surface area contributed by atoms with Gasteiger partial charge in [0.05, 0.1) is 6.54 Å². The predicted molar refractivity (Wildman–Crippen MR) is 98.3 cm³/mol. The van der Waals surface area contributed by atoms with Crippen LogP contribution in [0.2, 0.25) is 0 Å². The quantitative estimate of drug-likeness (QED) is 0.762. The summed E-state index contributed by atoms with van der Waals surface area (Å²) in [6.07, 6.45) is 3.06. The van der Waals surface area contributed by atoms with Gasteiger partial charge in [-0.2, -0.15) is 4.98 Å². The Kier molecular flexibility index (Phi) is 6.33. The predicted octanol–water partition coefficient (Wildman–Crippen LogP) is 2.79. The van der Waals surface area contributed by atoms with E-state index in [9.17, 15) is 4.79 Å². The number of anilines is 1. The van der Waals surface area contributed by atoms with Gasteiger partial charge in [0.1, 0.15) is 11.9 Å². The van der Waals surface area contributed by atoms with Gasteiger partial charge in [-0.1, -0.05) is 5.16 Å². The number of halogens is 1. The number of aromatic nitrogens is 3. The molecule has 1 saturated heterocycles. The summed E-state index contributed by atoms with van der Waals surface area (Å²) < 4.78 is 11.3. The van der Waals surface area contributed by atoms with Crippen LogP contribution in [-0.4, -0.2) is 46.1 Å². The van der Waals surface area contributed by atoms with E-state index in [0.717, 1.165) is 30.4 Å². The molecule has 1 amide bonds. The summed E-state index contributed by atoms with van der Waals surface area (Å²) >= 11 is 3.33. The molecule has 1 aliphatic rings. The summed E-state index contributed by atoms with van der Waals surface area (Å²) in [5.74, 6) is 1.72. The third-order valence-electron chi connectivity index (χ3n) is 4.50. The molecule has 1 atom stereocenters. The van der Waals surface area contributed by atoms with Gasteiger partial charge in [0.25, 0.3) is 0 Å². The van der Waals surface area contributed by atoms with E-state index in [4.69, 9.17) is 9.26 Å². The molecule has 8 nitrogen and oxygen atoms in total. The van der Waals surface area contributed by atoms with E-state index in [1.54, 1.807) is 19.4 Å². The van der Waals surface area contributed by atoms with Crippen LogP contribution >= 0.6 is 15.9 Å². The number of hydrogen-bond donors (Lipinski definition) is 1. The fraction of sp³-hybridized carbons (Fsp3) is 0.529. The SMILES string of the molecule is COC(C)c1noc(CN2CCC(C(=O)Nc3ccc(Br)cn3)CC2)n1. The summed E-state index contributed by atoms with van der Waals surface area (Å²) in [4.78, 5) is 23.1. The van der Waals surface area contributed by atoms with Crippen LogP contribution in [0.1, 0.15) is 37.6 Å². The molecule has 1 aliphatic heterocycles. The van der Waals surface area contributed by atoms with Crippen molar-refractivity contribution in [3.8, 4) is 0 Å². The van der Waals surface area contributed by atoms with Gasteiger partial charge >= 0.3 is 0 Å². The van der Waals surface area contributed by atoms with Crippen molar-refractivity contribution in [1.82, 2.24) is 20.0 Å². The van der Waals surface area contributed by atoms with Crippen molar-refractivity contribution in [2.75, 3.05) is 25.5 Å². The molecule has 0 bridgehead atoms. The highest BCUT2D eigenvalue weighted by molar-refractivity contribution is 9.10. The standard InChI is InChI=1S/C17H22BrN5O3/c1-11(25-2)16-21-15(26-22-16)10-23-7-5-12(6-8-23)17(24)20-14-4-3-13(18)9-19-14/h3-4,9,11-12H,5-8,10H2,1-2H3,(H,19,20,24). The highest BCUT2D eigenvalue weighted by atomic mass is 79.9. The van der Waals surface area contributed by atoms with E-state index >= 15 is 0 Å². The Labute approximate surface area is 160 Å². The molecule has 26 heavy (non-hydrogen) atoms. The van der Waals surface area contributed by atoms with Crippen molar-refractivity contribution >= 4 is 27.7 Å². The van der Waals surface area contributed by atoms with Gasteiger partial charge in [-0.05, 0) is 60.9 Å². The summed E-state index contributed by atoms with van der Waals surface area (Å²) in [7, 11) is 1.61. The number of methoxy groups -OCH3 is 1. The Morgan fingerprint density at radius 1 is 1.46 bits per heavy atom. The maximum Gasteiger partial charge on any atom is 0.240 e. The smallest absolute Gasteiger partial charge is 0.240 e. The Bertz CT molecular complexity index is 728. The molecule has 1 unspecified atom stereocenters. The van der Waals surface area contributed by atoms with E-state index in [0.29, 0.717) is 24.1 Å². The van der Waals surface area contributed by atoms with Gasteiger partial charge < -0.3 is 14.6 Å². The number of rotatable bonds is 6. The largest absolute Gasteiger partial charge is 0.374 e. The Hall–Kier alpha value is -1.84. The first-order chi connectivity index (χ1) is 12.5. The van der Waals surface area contributed by atoms with Crippen LogP contribution in [0.3, 0.4) is 0 Å². The summed E-state index contributed by atoms with van der Waals surface area (Å²) in [6, 6.07) is 3.64. The second kappa shape index (κ2) is 8.70. The zero-order chi connectivity index (χ0) is 18.5. The lowest BCUT2D eigenvalue weighted by Crippen LogP contribution is -2.37. The minimum Gasteiger partial charge on any atom is -0.374 e. The van der Waals surface area contributed by atoms with Gasteiger partial charge in [-0.25, -0.2) is 4.98 Å². The molecule has 140 valence electrons. The number of hydrogen-bond acceptors (Lipinski definition) is 7. The van der Waals surface area contributed by atoms with Crippen molar-refractivity contribution in [3.05, 3.63) is 34.5 Å². The number of pyridine rings is 1. The molecule has 0 saturated carbocycles. The fourth-order valence-corrected chi connectivity index (χ4v) is 3.06. The Morgan fingerprint density at radius 2 is 2.23 bits per heavy atom. The lowest BCUT2D eigenvalue weighted by atomic mass is 9.96. The topological polar surface area (TPSA) is 93.4 Å². The van der Waals surface area contributed by atoms with Crippen LogP contribution < -0.4 is 5.32 Å². The number of nitrogens with zero attached hydrogens (tertiary/aromatic N) is 4. The summed E-state index contributed by atoms with van der Waals surface area (Å²) in [6.45, 7) is 4.08. The third kappa shape index (κ3) is 4.87. The summed E-state index contributed by atoms with van der Waals surface area (Å²) in [5, 5.41) is 6.82. The number of amides is 1. The Balaban J connectivity index is 1.47. The monoisotopic (exact) mass is 423 g/mol. The number of carbonyl (C=O) groups excluding carboxylic acids is 1. The van der Waals surface area contributed by atoms with Crippen molar-refractivity contribution in [1.29, 1.82) is 0 Å². The van der Waals surface area contributed by atoms with Crippen LogP contribution in [0.5, 0.6) is 0 Å². The molecule has 0 radical (unpaired) electrons. The molecule has 1 fully saturated rings. The van der Waals surface area contributed by atoms with Gasteiger partial charge in [-0.3, -0.25) is 9.69 Å². The molecule has 0 spiro atoms. The summed E-state index contributed by atoms with van der Waals surface area (Å²) in [5.41, 5.74) is 0. The first kappa shape index (κ1) is 18.9. The molecule has 1 N–H and O–H groups in total. The normalized spacial score (nSPS) is 17.2. The highest BCUT2D eigenvalue weighted by Gasteiger charge is 2.26. The number of ether oxygens (including phenoxy) is 1. The first-order valence-corrected chi connectivity index (χ1v) is 9.34. The van der Waals surface area contributed by atoms with Crippen molar-refractivity contribution in [3.63, 3.8) is 0 Å². The van der Waals surface area contributed by atoms with Crippen molar-refractivity contribution in [2.24, 2.45) is 5.92 Å². The number of carbonyl (C=O) groups is 1. The number of piperidine rings is 1. The van der Waals surface area contributed by atoms with Gasteiger partial charge in [0, 0.05) is 23.7 Å². The van der Waals surface area contributed by atoms with Gasteiger partial charge in [-0.15, -0.1) is 0 Å². The number of nitrogens with one attached hydrogen (secondary N) is 1. The minimum absolute atomic E-state index is 0.0107. The van der Waals surface area contributed by atoms with Crippen LogP contribution in [-0.2, 0) is 16.1 Å².